The van der Waals surface area contributed by atoms with Crippen molar-refractivity contribution in [3.05, 3.63) is 29.6 Å². The molecule has 0 aliphatic rings. The fraction of sp³-hybridized carbons (Fsp3) is 0.632. The van der Waals surface area contributed by atoms with Gasteiger partial charge >= 0.3 is 11.9 Å². The maximum absolute atomic E-state index is 12.1. The fourth-order valence-electron chi connectivity index (χ4n) is 2.25. The summed E-state index contributed by atoms with van der Waals surface area (Å²) in [5, 5.41) is 0. The molecule has 0 N–H and O–H groups in total. The van der Waals surface area contributed by atoms with Gasteiger partial charge in [-0.2, -0.15) is 0 Å². The van der Waals surface area contributed by atoms with Gasteiger partial charge in [0, 0.05) is 0 Å². The van der Waals surface area contributed by atoms with Gasteiger partial charge in [0.25, 0.3) is 0 Å². The Kier molecular flexibility index (Phi) is 9.05. The molecule has 1 rings (SSSR count). The summed E-state index contributed by atoms with van der Waals surface area (Å²) in [7, 11) is 0. The molecule has 0 saturated heterocycles. The number of hydrogen-bond acceptors (Lipinski definition) is 5. The van der Waals surface area contributed by atoms with Crippen LogP contribution in [0.1, 0.15) is 74.4 Å². The van der Waals surface area contributed by atoms with Crippen molar-refractivity contribution >= 4 is 11.9 Å². The minimum atomic E-state index is -0.503. The Labute approximate surface area is 144 Å². The van der Waals surface area contributed by atoms with Crippen LogP contribution in [0.5, 0.6) is 0 Å². The summed E-state index contributed by atoms with van der Waals surface area (Å²) in [6.45, 7) is 9.01. The lowest BCUT2D eigenvalue weighted by molar-refractivity contribution is 0.0417. The Bertz CT molecular complexity index is 479. The van der Waals surface area contributed by atoms with E-state index in [-0.39, 0.29) is 11.4 Å². The minimum absolute atomic E-state index is 0.137. The summed E-state index contributed by atoms with van der Waals surface area (Å²) in [6, 6.07) is 4.72. The van der Waals surface area contributed by atoms with Gasteiger partial charge in [0.1, 0.15) is 11.4 Å². The quantitative estimate of drug-likeness (QED) is 0.597. The van der Waals surface area contributed by atoms with Gasteiger partial charge in [0.15, 0.2) is 0 Å². The molecule has 0 unspecified atom stereocenters. The summed E-state index contributed by atoms with van der Waals surface area (Å²) < 4.78 is 10.6. The molecule has 0 aliphatic carbocycles. The van der Waals surface area contributed by atoms with Gasteiger partial charge in [-0.05, 0) is 24.0 Å². The smallest absolute Gasteiger partial charge is 0.356 e. The van der Waals surface area contributed by atoms with Crippen LogP contribution in [-0.2, 0) is 9.47 Å². The predicted molar refractivity (Wildman–Crippen MR) is 92.9 cm³/mol. The molecule has 5 nitrogen and oxygen atoms in total. The zero-order valence-corrected chi connectivity index (χ0v) is 15.2. The van der Waals surface area contributed by atoms with Gasteiger partial charge in [0.05, 0.1) is 13.2 Å². The van der Waals surface area contributed by atoms with E-state index in [2.05, 4.69) is 32.7 Å². The van der Waals surface area contributed by atoms with E-state index >= 15 is 0 Å². The van der Waals surface area contributed by atoms with Gasteiger partial charge in [-0.25, -0.2) is 14.6 Å². The Morgan fingerprint density at radius 2 is 1.21 bits per heavy atom. The number of carbonyl (C=O) groups is 2. The highest BCUT2D eigenvalue weighted by Crippen LogP contribution is 2.11. The van der Waals surface area contributed by atoms with Crippen molar-refractivity contribution in [2.75, 3.05) is 13.2 Å². The Hall–Kier alpha value is -1.91. The average Bonchev–Trinajstić information content (AvgIpc) is 2.63. The van der Waals surface area contributed by atoms with Crippen molar-refractivity contribution in [1.82, 2.24) is 4.98 Å². The van der Waals surface area contributed by atoms with E-state index in [9.17, 15) is 9.59 Å². The van der Waals surface area contributed by atoms with E-state index in [4.69, 9.17) is 9.47 Å². The maximum atomic E-state index is 12.1. The molecule has 0 amide bonds. The molecule has 0 aromatic carbocycles. The molecule has 0 fully saturated rings. The maximum Gasteiger partial charge on any atom is 0.356 e. The number of hydrogen-bond donors (Lipinski definition) is 0. The molecule has 0 saturated carbocycles. The van der Waals surface area contributed by atoms with Gasteiger partial charge in [-0.1, -0.05) is 59.4 Å². The second-order valence-corrected chi connectivity index (χ2v) is 5.97. The number of nitrogens with zero attached hydrogens (tertiary/aromatic N) is 1. The molecule has 0 spiro atoms. The summed E-state index contributed by atoms with van der Waals surface area (Å²) >= 11 is 0. The highest BCUT2D eigenvalue weighted by Gasteiger charge is 2.16. The standard InChI is InChI=1S/C19H29NO4/c1-5-14(6-2)12-23-18(21)16-10-9-11-17(20-16)19(22)24-13-15(7-3)8-4/h9-11,14-15H,5-8,12-13H2,1-4H3. The molecule has 0 radical (unpaired) electrons. The summed E-state index contributed by atoms with van der Waals surface area (Å²) in [5.41, 5.74) is 0.274. The highest BCUT2D eigenvalue weighted by atomic mass is 16.5. The molecular formula is C19H29NO4. The Morgan fingerprint density at radius 3 is 1.54 bits per heavy atom. The van der Waals surface area contributed by atoms with Crippen molar-refractivity contribution in [3.8, 4) is 0 Å². The van der Waals surface area contributed by atoms with Gasteiger partial charge in [-0.3, -0.25) is 0 Å². The summed E-state index contributed by atoms with van der Waals surface area (Å²) in [6.07, 6.45) is 3.83. The normalized spacial score (nSPS) is 10.9. The Balaban J connectivity index is 2.65. The molecular weight excluding hydrogens is 306 g/mol. The van der Waals surface area contributed by atoms with Gasteiger partial charge in [0.2, 0.25) is 0 Å². The van der Waals surface area contributed by atoms with E-state index in [0.717, 1.165) is 25.7 Å². The lowest BCUT2D eigenvalue weighted by Gasteiger charge is -2.13. The summed E-state index contributed by atoms with van der Waals surface area (Å²) in [5.74, 6) is -0.308. The third-order valence-electron chi connectivity index (χ3n) is 4.38. The molecule has 24 heavy (non-hydrogen) atoms. The van der Waals surface area contributed by atoms with E-state index in [1.54, 1.807) is 18.2 Å². The van der Waals surface area contributed by atoms with Crippen LogP contribution >= 0.6 is 0 Å². The SMILES string of the molecule is CCC(CC)COC(=O)c1cccc(C(=O)OCC(CC)CC)n1. The zero-order chi connectivity index (χ0) is 17.9. The first-order chi connectivity index (χ1) is 11.5. The molecule has 1 aromatic heterocycles. The largest absolute Gasteiger partial charge is 0.461 e. The number of ether oxygens (including phenoxy) is 2. The van der Waals surface area contributed by atoms with Gasteiger partial charge in [-0.15, -0.1) is 0 Å². The first-order valence-electron chi connectivity index (χ1n) is 8.86. The van der Waals surface area contributed by atoms with Crippen molar-refractivity contribution < 1.29 is 19.1 Å². The second kappa shape index (κ2) is 10.8. The van der Waals surface area contributed by atoms with Crippen molar-refractivity contribution in [1.29, 1.82) is 0 Å². The lowest BCUT2D eigenvalue weighted by atomic mass is 10.1. The van der Waals surface area contributed by atoms with Crippen LogP contribution in [0.4, 0.5) is 0 Å². The molecule has 1 heterocycles. The molecule has 134 valence electrons. The average molecular weight is 335 g/mol. The molecule has 0 aliphatic heterocycles. The van der Waals surface area contributed by atoms with Crippen molar-refractivity contribution in [3.63, 3.8) is 0 Å². The fourth-order valence-corrected chi connectivity index (χ4v) is 2.25. The molecule has 0 atom stereocenters. The first kappa shape index (κ1) is 20.1. The topological polar surface area (TPSA) is 65.5 Å². The third kappa shape index (κ3) is 6.30. The monoisotopic (exact) mass is 335 g/mol. The van der Waals surface area contributed by atoms with Crippen LogP contribution < -0.4 is 0 Å². The van der Waals surface area contributed by atoms with E-state index in [1.807, 2.05) is 0 Å². The molecule has 1 aromatic rings. The van der Waals surface area contributed by atoms with Crippen LogP contribution in [0.3, 0.4) is 0 Å². The van der Waals surface area contributed by atoms with E-state index < -0.39 is 11.9 Å². The summed E-state index contributed by atoms with van der Waals surface area (Å²) in [4.78, 5) is 28.2. The highest BCUT2D eigenvalue weighted by molar-refractivity contribution is 5.91. The first-order valence-corrected chi connectivity index (χ1v) is 8.86. The number of aromatic nitrogens is 1. The predicted octanol–water partition coefficient (Wildman–Crippen LogP) is 4.27. The van der Waals surface area contributed by atoms with Crippen molar-refractivity contribution in [2.45, 2.75) is 53.4 Å². The molecule has 0 bridgehead atoms. The van der Waals surface area contributed by atoms with Gasteiger partial charge < -0.3 is 9.47 Å². The van der Waals surface area contributed by atoms with Crippen molar-refractivity contribution in [2.24, 2.45) is 11.8 Å². The third-order valence-corrected chi connectivity index (χ3v) is 4.38. The Morgan fingerprint density at radius 1 is 0.833 bits per heavy atom. The lowest BCUT2D eigenvalue weighted by Crippen LogP contribution is -2.17. The number of pyridine rings is 1. The van der Waals surface area contributed by atoms with E-state index in [1.165, 1.54) is 0 Å². The van der Waals surface area contributed by atoms with Crippen LogP contribution in [0.15, 0.2) is 18.2 Å². The number of carbonyl (C=O) groups excluding carboxylic acids is 2. The number of rotatable bonds is 10. The van der Waals surface area contributed by atoms with Crippen LogP contribution in [0.2, 0.25) is 0 Å². The van der Waals surface area contributed by atoms with Crippen LogP contribution in [0, 0.1) is 11.8 Å². The van der Waals surface area contributed by atoms with Crippen LogP contribution in [-0.4, -0.2) is 30.1 Å². The second-order valence-electron chi connectivity index (χ2n) is 5.97. The number of esters is 2. The van der Waals surface area contributed by atoms with E-state index in [0.29, 0.717) is 25.0 Å². The minimum Gasteiger partial charge on any atom is -0.461 e. The zero-order valence-electron chi connectivity index (χ0n) is 15.2. The molecule has 5 heteroatoms. The van der Waals surface area contributed by atoms with Crippen LogP contribution in [0.25, 0.3) is 0 Å².